The Bertz CT molecular complexity index is 776. The second-order valence-corrected chi connectivity index (χ2v) is 5.08. The van der Waals surface area contributed by atoms with E-state index in [0.717, 1.165) is 0 Å². The minimum atomic E-state index is -1.06. The molecular weight excluding hydrogens is 304 g/mol. The van der Waals surface area contributed by atoms with Crippen molar-refractivity contribution < 1.29 is 28.1 Å². The lowest BCUT2D eigenvalue weighted by atomic mass is 10.0. The highest BCUT2D eigenvalue weighted by atomic mass is 16.9. The van der Waals surface area contributed by atoms with Crippen LogP contribution in [0.2, 0.25) is 0 Å². The van der Waals surface area contributed by atoms with E-state index in [2.05, 4.69) is 0 Å². The fraction of sp³-hybridized carbons (Fsp3) is 0.438. The predicted molar refractivity (Wildman–Crippen MR) is 80.9 cm³/mol. The Balaban J connectivity index is 2.11. The van der Waals surface area contributed by atoms with Gasteiger partial charge in [-0.05, 0) is 6.07 Å². The lowest BCUT2D eigenvalue weighted by Crippen LogP contribution is -2.21. The van der Waals surface area contributed by atoms with Crippen LogP contribution in [0.25, 0.3) is 11.0 Å². The van der Waals surface area contributed by atoms with Crippen molar-refractivity contribution in [2.75, 3.05) is 28.4 Å². The van der Waals surface area contributed by atoms with E-state index in [0.29, 0.717) is 34.5 Å². The second kappa shape index (κ2) is 5.84. The third-order valence-electron chi connectivity index (χ3n) is 3.97. The van der Waals surface area contributed by atoms with Gasteiger partial charge in [-0.2, -0.15) is 0 Å². The smallest absolute Gasteiger partial charge is 0.336 e. The number of benzene rings is 1. The molecule has 0 N–H and O–H groups in total. The highest BCUT2D eigenvalue weighted by Gasteiger charge is 2.59. The number of rotatable bonds is 6. The first-order chi connectivity index (χ1) is 11.1. The quantitative estimate of drug-likeness (QED) is 0.455. The summed E-state index contributed by atoms with van der Waals surface area (Å²) in [5.41, 5.74) is 0.655. The Labute approximate surface area is 132 Å². The van der Waals surface area contributed by atoms with E-state index in [1.807, 2.05) is 0 Å². The zero-order valence-electron chi connectivity index (χ0n) is 13.4. The van der Waals surface area contributed by atoms with Crippen LogP contribution < -0.4 is 15.1 Å². The average molecular weight is 322 g/mol. The Morgan fingerprint density at radius 1 is 1.09 bits per heavy atom. The van der Waals surface area contributed by atoms with E-state index < -0.39 is 11.6 Å². The molecule has 1 unspecified atom stereocenters. The highest BCUT2D eigenvalue weighted by molar-refractivity contribution is 5.88. The Kier molecular flexibility index (Phi) is 4.01. The molecule has 23 heavy (non-hydrogen) atoms. The minimum absolute atomic E-state index is 0.325. The Morgan fingerprint density at radius 3 is 2.35 bits per heavy atom. The average Bonchev–Trinajstić information content (AvgIpc) is 3.28. The molecule has 1 atom stereocenters. The molecule has 1 aliphatic rings. The van der Waals surface area contributed by atoms with Gasteiger partial charge in [0.05, 0.1) is 19.6 Å². The normalized spacial score (nSPS) is 18.9. The maximum atomic E-state index is 11.6. The molecule has 0 bridgehead atoms. The van der Waals surface area contributed by atoms with Crippen molar-refractivity contribution in [2.45, 2.75) is 18.5 Å². The Morgan fingerprint density at radius 2 is 1.78 bits per heavy atom. The van der Waals surface area contributed by atoms with Gasteiger partial charge in [-0.15, -0.1) is 0 Å². The fourth-order valence-corrected chi connectivity index (χ4v) is 2.73. The minimum Gasteiger partial charge on any atom is -0.496 e. The van der Waals surface area contributed by atoms with Crippen molar-refractivity contribution in [1.82, 2.24) is 0 Å². The molecule has 2 heterocycles. The van der Waals surface area contributed by atoms with Crippen LogP contribution in [0.15, 0.2) is 27.4 Å². The van der Waals surface area contributed by atoms with E-state index in [1.165, 1.54) is 20.3 Å². The van der Waals surface area contributed by atoms with Gasteiger partial charge in [0, 0.05) is 38.3 Å². The van der Waals surface area contributed by atoms with Crippen molar-refractivity contribution in [3.8, 4) is 11.5 Å². The molecule has 1 aromatic heterocycles. The van der Waals surface area contributed by atoms with Crippen molar-refractivity contribution in [3.63, 3.8) is 0 Å². The van der Waals surface area contributed by atoms with E-state index in [1.54, 1.807) is 26.4 Å². The number of ether oxygens (including phenoxy) is 5. The molecule has 0 amide bonds. The molecule has 1 aliphatic heterocycles. The number of hydrogen-bond donors (Lipinski definition) is 0. The fourth-order valence-electron chi connectivity index (χ4n) is 2.73. The van der Waals surface area contributed by atoms with Crippen LogP contribution in [0.4, 0.5) is 0 Å². The summed E-state index contributed by atoms with van der Waals surface area (Å²) < 4.78 is 32.1. The van der Waals surface area contributed by atoms with Crippen LogP contribution in [0.3, 0.4) is 0 Å². The zero-order valence-corrected chi connectivity index (χ0v) is 13.4. The van der Waals surface area contributed by atoms with E-state index in [-0.39, 0.29) is 6.10 Å². The lowest BCUT2D eigenvalue weighted by Gasteiger charge is -2.14. The third-order valence-corrected chi connectivity index (χ3v) is 3.97. The van der Waals surface area contributed by atoms with Gasteiger partial charge >= 0.3 is 11.6 Å². The predicted octanol–water partition coefficient (Wildman–Crippen LogP) is 1.70. The Hall–Kier alpha value is -2.09. The summed E-state index contributed by atoms with van der Waals surface area (Å²) >= 11 is 0. The maximum absolute atomic E-state index is 11.6. The molecule has 124 valence electrons. The first-order valence-electron chi connectivity index (χ1n) is 7.04. The molecule has 3 rings (SSSR count). The second-order valence-electron chi connectivity index (χ2n) is 5.08. The van der Waals surface area contributed by atoms with E-state index in [9.17, 15) is 4.79 Å². The number of epoxide rings is 1. The summed E-state index contributed by atoms with van der Waals surface area (Å²) in [6.07, 6.45) is 0.0756. The van der Waals surface area contributed by atoms with Gasteiger partial charge < -0.3 is 28.1 Å². The van der Waals surface area contributed by atoms with Crippen molar-refractivity contribution in [3.05, 3.63) is 34.2 Å². The highest BCUT2D eigenvalue weighted by Crippen LogP contribution is 2.44. The first kappa shape index (κ1) is 15.8. The molecule has 0 spiro atoms. The van der Waals surface area contributed by atoms with Crippen LogP contribution in [-0.2, 0) is 20.6 Å². The molecule has 1 saturated heterocycles. The summed E-state index contributed by atoms with van der Waals surface area (Å²) in [4.78, 5) is 11.6. The van der Waals surface area contributed by atoms with Gasteiger partial charge in [-0.3, -0.25) is 0 Å². The maximum Gasteiger partial charge on any atom is 0.336 e. The molecular formula is C16H18O7. The summed E-state index contributed by atoms with van der Waals surface area (Å²) in [6, 6.07) is 4.77. The monoisotopic (exact) mass is 322 g/mol. The van der Waals surface area contributed by atoms with Gasteiger partial charge in [0.2, 0.25) is 0 Å². The van der Waals surface area contributed by atoms with Crippen molar-refractivity contribution >= 4 is 11.0 Å². The van der Waals surface area contributed by atoms with Crippen LogP contribution in [-0.4, -0.2) is 40.5 Å². The van der Waals surface area contributed by atoms with E-state index in [4.69, 9.17) is 28.1 Å². The topological polar surface area (TPSA) is 79.7 Å². The molecule has 7 heteroatoms. The summed E-state index contributed by atoms with van der Waals surface area (Å²) in [5, 5.41) is 0.684. The molecule has 2 aromatic rings. The summed E-state index contributed by atoms with van der Waals surface area (Å²) in [7, 11) is 6.10. The van der Waals surface area contributed by atoms with Gasteiger partial charge in [-0.25, -0.2) is 4.79 Å². The first-order valence-corrected chi connectivity index (χ1v) is 7.04. The molecule has 7 nitrogen and oxygen atoms in total. The number of methoxy groups -OCH3 is 4. The van der Waals surface area contributed by atoms with Crippen LogP contribution in [0.5, 0.6) is 11.5 Å². The standard InChI is InChI=1S/C16H18O7/c1-18-11-8-12(19-2)10(7-13-16(20-3,21-4)23-13)15-9(11)5-6-14(17)22-15/h5-6,8,13H,7H2,1-4H3. The molecule has 0 aliphatic carbocycles. The van der Waals surface area contributed by atoms with Gasteiger partial charge in [0.25, 0.3) is 0 Å². The number of hydrogen-bond acceptors (Lipinski definition) is 7. The van der Waals surface area contributed by atoms with Gasteiger partial charge in [0.15, 0.2) is 0 Å². The third kappa shape index (κ3) is 2.56. The van der Waals surface area contributed by atoms with Gasteiger partial charge in [0.1, 0.15) is 23.2 Å². The van der Waals surface area contributed by atoms with Crippen molar-refractivity contribution in [1.29, 1.82) is 0 Å². The summed E-state index contributed by atoms with van der Waals surface area (Å²) in [6.45, 7) is 0. The van der Waals surface area contributed by atoms with Crippen LogP contribution in [0.1, 0.15) is 5.56 Å². The molecule has 1 fully saturated rings. The molecule has 1 aromatic carbocycles. The molecule has 0 radical (unpaired) electrons. The number of fused-ring (bicyclic) bond motifs is 1. The van der Waals surface area contributed by atoms with E-state index >= 15 is 0 Å². The van der Waals surface area contributed by atoms with Gasteiger partial charge in [-0.1, -0.05) is 0 Å². The van der Waals surface area contributed by atoms with Crippen LogP contribution in [0, 0.1) is 0 Å². The van der Waals surface area contributed by atoms with Crippen LogP contribution >= 0.6 is 0 Å². The lowest BCUT2D eigenvalue weighted by molar-refractivity contribution is -0.196. The largest absolute Gasteiger partial charge is 0.496 e. The SMILES string of the molecule is COc1cc(OC)c2ccc(=O)oc2c1CC1OC1(OC)OC. The van der Waals surface area contributed by atoms with Crippen molar-refractivity contribution in [2.24, 2.45) is 0 Å². The zero-order chi connectivity index (χ0) is 16.6. The molecule has 0 saturated carbocycles. The summed E-state index contributed by atoms with van der Waals surface area (Å²) in [5.74, 6) is 0.0397.